The van der Waals surface area contributed by atoms with Gasteiger partial charge in [-0.25, -0.2) is 0 Å². The summed E-state index contributed by atoms with van der Waals surface area (Å²) in [6.07, 6.45) is 1.17. The van der Waals surface area contributed by atoms with Crippen molar-refractivity contribution in [2.24, 2.45) is 0 Å². The number of carbonyl (C=O) groups is 2. The summed E-state index contributed by atoms with van der Waals surface area (Å²) in [5.74, 6) is 1.50. The van der Waals surface area contributed by atoms with Gasteiger partial charge >= 0.3 is 0 Å². The molecule has 0 heterocycles. The van der Waals surface area contributed by atoms with Gasteiger partial charge in [-0.3, -0.25) is 9.59 Å². The van der Waals surface area contributed by atoms with Gasteiger partial charge in [-0.1, -0.05) is 78.9 Å². The summed E-state index contributed by atoms with van der Waals surface area (Å²) in [7, 11) is 4.75. The highest BCUT2D eigenvalue weighted by Crippen LogP contribution is 2.28. The molecule has 0 aromatic heterocycles. The topological polar surface area (TPSA) is 77.1 Å². The van der Waals surface area contributed by atoms with E-state index < -0.39 is 6.04 Å². The van der Waals surface area contributed by atoms with E-state index in [0.717, 1.165) is 28.0 Å². The van der Waals surface area contributed by atoms with Crippen molar-refractivity contribution in [3.63, 3.8) is 0 Å². The quantitative estimate of drug-likeness (QED) is 0.226. The van der Waals surface area contributed by atoms with Crippen molar-refractivity contribution >= 4 is 11.8 Å². The van der Waals surface area contributed by atoms with Gasteiger partial charge < -0.3 is 24.4 Å². The zero-order chi connectivity index (χ0) is 29.7. The van der Waals surface area contributed by atoms with Crippen LogP contribution in [0.15, 0.2) is 103 Å². The van der Waals surface area contributed by atoms with Crippen molar-refractivity contribution in [1.29, 1.82) is 0 Å². The Kier molecular flexibility index (Phi) is 11.0. The van der Waals surface area contributed by atoms with Gasteiger partial charge in [0.1, 0.15) is 11.8 Å². The van der Waals surface area contributed by atoms with Crippen molar-refractivity contribution in [2.75, 3.05) is 27.9 Å². The van der Waals surface area contributed by atoms with Crippen LogP contribution in [0.1, 0.15) is 22.3 Å². The minimum absolute atomic E-state index is 0.0963. The highest BCUT2D eigenvalue weighted by molar-refractivity contribution is 5.89. The van der Waals surface area contributed by atoms with E-state index in [4.69, 9.17) is 14.2 Å². The van der Waals surface area contributed by atoms with Gasteiger partial charge in [0.2, 0.25) is 11.8 Å². The van der Waals surface area contributed by atoms with Crippen LogP contribution in [-0.4, -0.2) is 50.6 Å². The molecule has 4 aromatic rings. The lowest BCUT2D eigenvalue weighted by Gasteiger charge is -2.32. The summed E-state index contributed by atoms with van der Waals surface area (Å²) >= 11 is 0. The molecule has 1 N–H and O–H groups in total. The Morgan fingerprint density at radius 2 is 1.31 bits per heavy atom. The Morgan fingerprint density at radius 3 is 1.93 bits per heavy atom. The Bertz CT molecular complexity index is 1430. The molecule has 0 aliphatic rings. The third kappa shape index (κ3) is 8.36. The molecular weight excluding hydrogens is 528 g/mol. The van der Waals surface area contributed by atoms with Gasteiger partial charge in [0.25, 0.3) is 0 Å². The second kappa shape index (κ2) is 15.3. The number of ether oxygens (including phenoxy) is 3. The maximum atomic E-state index is 14.1. The number of nitrogens with one attached hydrogen (secondary N) is 1. The molecule has 0 radical (unpaired) electrons. The number of methoxy groups -OCH3 is 3. The molecule has 7 heteroatoms. The highest BCUT2D eigenvalue weighted by atomic mass is 16.5. The van der Waals surface area contributed by atoms with Crippen LogP contribution in [0.3, 0.4) is 0 Å². The molecule has 0 aliphatic heterocycles. The zero-order valence-corrected chi connectivity index (χ0v) is 24.4. The molecule has 0 unspecified atom stereocenters. The van der Waals surface area contributed by atoms with Crippen molar-refractivity contribution in [2.45, 2.75) is 31.8 Å². The monoisotopic (exact) mass is 566 g/mol. The smallest absolute Gasteiger partial charge is 0.243 e. The maximum absolute atomic E-state index is 14.1. The zero-order valence-electron chi connectivity index (χ0n) is 24.4. The van der Waals surface area contributed by atoms with Crippen molar-refractivity contribution < 1.29 is 23.8 Å². The van der Waals surface area contributed by atoms with Crippen LogP contribution in [0.4, 0.5) is 0 Å². The second-order valence-electron chi connectivity index (χ2n) is 9.97. The number of rotatable bonds is 14. The lowest BCUT2D eigenvalue weighted by atomic mass is 10.0. The standard InChI is InChI=1S/C35H38N2O5/c1-40-30-17-14-28(15-18-30)25-37(34(38)24-29-16-19-32(41-2)33(23-29)42-3)31(22-27-12-8-5-9-13-27)35(39)36-21-20-26-10-6-4-7-11-26/h4-19,23,31H,20-22,24-25H2,1-3H3,(H,36,39)/t31-/m1/s1. The number of benzene rings is 4. The summed E-state index contributed by atoms with van der Waals surface area (Å²) in [6, 6.07) is 32.1. The maximum Gasteiger partial charge on any atom is 0.243 e. The predicted octanol–water partition coefficient (Wildman–Crippen LogP) is 5.25. The van der Waals surface area contributed by atoms with E-state index in [2.05, 4.69) is 5.32 Å². The van der Waals surface area contributed by atoms with Crippen LogP contribution in [0.5, 0.6) is 17.2 Å². The SMILES string of the molecule is COc1ccc(CN(C(=O)Cc2ccc(OC)c(OC)c2)[C@H](Cc2ccccc2)C(=O)NCCc2ccccc2)cc1. The summed E-state index contributed by atoms with van der Waals surface area (Å²) in [6.45, 7) is 0.730. The minimum Gasteiger partial charge on any atom is -0.497 e. The number of nitrogens with zero attached hydrogens (tertiary/aromatic N) is 1. The average Bonchev–Trinajstić information content (AvgIpc) is 3.03. The fourth-order valence-corrected chi connectivity index (χ4v) is 4.84. The van der Waals surface area contributed by atoms with E-state index in [1.165, 1.54) is 0 Å². The lowest BCUT2D eigenvalue weighted by Crippen LogP contribution is -2.51. The molecule has 0 saturated heterocycles. The van der Waals surface area contributed by atoms with E-state index in [9.17, 15) is 9.59 Å². The number of amides is 2. The normalized spacial score (nSPS) is 11.3. The molecule has 0 bridgehead atoms. The Hall–Kier alpha value is -4.78. The van der Waals surface area contributed by atoms with E-state index >= 15 is 0 Å². The van der Waals surface area contributed by atoms with Gasteiger partial charge in [0, 0.05) is 19.5 Å². The van der Waals surface area contributed by atoms with E-state index in [1.54, 1.807) is 38.4 Å². The highest BCUT2D eigenvalue weighted by Gasteiger charge is 2.30. The lowest BCUT2D eigenvalue weighted by molar-refractivity contribution is -0.140. The Labute approximate surface area is 248 Å². The molecule has 0 fully saturated rings. The summed E-state index contributed by atoms with van der Waals surface area (Å²) in [4.78, 5) is 29.6. The summed E-state index contributed by atoms with van der Waals surface area (Å²) in [5.41, 5.74) is 3.77. The Balaban J connectivity index is 1.63. The molecule has 0 spiro atoms. The number of hydrogen-bond donors (Lipinski definition) is 1. The number of carbonyl (C=O) groups excluding carboxylic acids is 2. The van der Waals surface area contributed by atoms with Crippen LogP contribution >= 0.6 is 0 Å². The van der Waals surface area contributed by atoms with Crippen LogP contribution in [0.25, 0.3) is 0 Å². The van der Waals surface area contributed by atoms with Crippen LogP contribution in [0, 0.1) is 0 Å². The second-order valence-corrected chi connectivity index (χ2v) is 9.97. The van der Waals surface area contributed by atoms with E-state index in [1.807, 2.05) is 91.0 Å². The molecule has 4 rings (SSSR count). The fraction of sp³-hybridized carbons (Fsp3) is 0.257. The van der Waals surface area contributed by atoms with Gasteiger partial charge in [-0.05, 0) is 52.9 Å². The van der Waals surface area contributed by atoms with Crippen molar-refractivity contribution in [1.82, 2.24) is 10.2 Å². The van der Waals surface area contributed by atoms with Crippen LogP contribution in [-0.2, 0) is 35.4 Å². The van der Waals surface area contributed by atoms with Crippen molar-refractivity contribution in [3.8, 4) is 17.2 Å². The van der Waals surface area contributed by atoms with Gasteiger partial charge in [0.05, 0.1) is 27.8 Å². The molecule has 1 atom stereocenters. The van der Waals surface area contributed by atoms with Crippen molar-refractivity contribution in [3.05, 3.63) is 125 Å². The van der Waals surface area contributed by atoms with E-state index in [0.29, 0.717) is 30.9 Å². The van der Waals surface area contributed by atoms with Crippen LogP contribution < -0.4 is 19.5 Å². The molecular formula is C35H38N2O5. The fourth-order valence-electron chi connectivity index (χ4n) is 4.84. The first-order chi connectivity index (χ1) is 20.5. The predicted molar refractivity (Wildman–Crippen MR) is 164 cm³/mol. The molecule has 0 aliphatic carbocycles. The first-order valence-corrected chi connectivity index (χ1v) is 14.0. The molecule has 2 amide bonds. The minimum atomic E-state index is -0.724. The molecule has 7 nitrogen and oxygen atoms in total. The first kappa shape index (κ1) is 30.2. The summed E-state index contributed by atoms with van der Waals surface area (Å²) < 4.78 is 16.1. The van der Waals surface area contributed by atoms with Gasteiger partial charge in [0.15, 0.2) is 11.5 Å². The third-order valence-corrected chi connectivity index (χ3v) is 7.14. The van der Waals surface area contributed by atoms with Gasteiger partial charge in [-0.15, -0.1) is 0 Å². The molecule has 42 heavy (non-hydrogen) atoms. The first-order valence-electron chi connectivity index (χ1n) is 14.0. The average molecular weight is 567 g/mol. The third-order valence-electron chi connectivity index (χ3n) is 7.14. The molecule has 218 valence electrons. The van der Waals surface area contributed by atoms with E-state index in [-0.39, 0.29) is 24.8 Å². The summed E-state index contributed by atoms with van der Waals surface area (Å²) in [5, 5.41) is 3.10. The largest absolute Gasteiger partial charge is 0.497 e. The Morgan fingerprint density at radius 1 is 0.690 bits per heavy atom. The molecule has 4 aromatic carbocycles. The number of hydrogen-bond acceptors (Lipinski definition) is 5. The van der Waals surface area contributed by atoms with Gasteiger partial charge in [-0.2, -0.15) is 0 Å². The van der Waals surface area contributed by atoms with Crippen LogP contribution in [0.2, 0.25) is 0 Å². The molecule has 0 saturated carbocycles.